The number of amides is 1. The molecule has 4 nitrogen and oxygen atoms in total. The van der Waals surface area contributed by atoms with Crippen molar-refractivity contribution in [1.29, 1.82) is 0 Å². The van der Waals surface area contributed by atoms with Gasteiger partial charge < -0.3 is 15.4 Å². The molecule has 2 rings (SSSR count). The minimum atomic E-state index is -0.482. The van der Waals surface area contributed by atoms with E-state index in [0.717, 1.165) is 37.9 Å². The third-order valence-corrected chi connectivity index (χ3v) is 3.61. The highest BCUT2D eigenvalue weighted by molar-refractivity contribution is 5.94. The van der Waals surface area contributed by atoms with Gasteiger partial charge in [-0.15, -0.1) is 0 Å². The first kappa shape index (κ1) is 15.9. The van der Waals surface area contributed by atoms with Gasteiger partial charge in [-0.05, 0) is 51.4 Å². The Morgan fingerprint density at radius 2 is 2.19 bits per heavy atom. The second-order valence-electron chi connectivity index (χ2n) is 5.41. The van der Waals surface area contributed by atoms with E-state index >= 15 is 0 Å². The fraction of sp³-hybridized carbons (Fsp3) is 0.562. The van der Waals surface area contributed by atoms with Crippen molar-refractivity contribution in [2.24, 2.45) is 0 Å². The minimum absolute atomic E-state index is 0.106. The summed E-state index contributed by atoms with van der Waals surface area (Å²) < 4.78 is 19.3. The predicted octanol–water partition coefficient (Wildman–Crippen LogP) is 2.02. The van der Waals surface area contributed by atoms with E-state index in [1.165, 1.54) is 6.07 Å². The molecule has 5 heteroatoms. The number of rotatable bonds is 6. The first-order valence-electron chi connectivity index (χ1n) is 7.53. The molecule has 0 aliphatic carbocycles. The van der Waals surface area contributed by atoms with E-state index in [0.29, 0.717) is 19.3 Å². The van der Waals surface area contributed by atoms with E-state index in [1.807, 2.05) is 6.92 Å². The third kappa shape index (κ3) is 5.10. The summed E-state index contributed by atoms with van der Waals surface area (Å²) in [4.78, 5) is 11.9. The molecule has 1 aromatic rings. The van der Waals surface area contributed by atoms with Gasteiger partial charge in [0.1, 0.15) is 5.82 Å². The average molecular weight is 294 g/mol. The van der Waals surface area contributed by atoms with Gasteiger partial charge in [-0.1, -0.05) is 11.6 Å². The maximum Gasteiger partial charge on any atom is 0.254 e. The molecule has 0 saturated carbocycles. The molecule has 116 valence electrons. The van der Waals surface area contributed by atoms with Crippen molar-refractivity contribution in [3.8, 4) is 0 Å². The largest absolute Gasteiger partial charge is 0.378 e. The second-order valence-corrected chi connectivity index (χ2v) is 5.41. The second kappa shape index (κ2) is 8.10. The van der Waals surface area contributed by atoms with Gasteiger partial charge in [0.15, 0.2) is 0 Å². The van der Waals surface area contributed by atoms with E-state index in [1.54, 1.807) is 12.1 Å². The van der Waals surface area contributed by atoms with Gasteiger partial charge in [-0.2, -0.15) is 0 Å². The van der Waals surface area contributed by atoms with Crippen LogP contribution < -0.4 is 10.6 Å². The first-order valence-corrected chi connectivity index (χ1v) is 7.53. The number of benzene rings is 1. The van der Waals surface area contributed by atoms with Crippen LogP contribution >= 0.6 is 0 Å². The number of carbonyl (C=O) groups excluding carboxylic acids is 1. The van der Waals surface area contributed by atoms with Crippen molar-refractivity contribution in [3.05, 3.63) is 35.1 Å². The van der Waals surface area contributed by atoms with Crippen LogP contribution in [0.25, 0.3) is 0 Å². The van der Waals surface area contributed by atoms with Crippen LogP contribution in [0.3, 0.4) is 0 Å². The van der Waals surface area contributed by atoms with E-state index in [9.17, 15) is 9.18 Å². The average Bonchev–Trinajstić information content (AvgIpc) is 2.50. The number of piperidine rings is 1. The fourth-order valence-electron chi connectivity index (χ4n) is 2.39. The molecule has 1 aliphatic heterocycles. The van der Waals surface area contributed by atoms with Gasteiger partial charge in [-0.25, -0.2) is 4.39 Å². The van der Waals surface area contributed by atoms with E-state index in [-0.39, 0.29) is 11.5 Å². The Bertz CT molecular complexity index is 473. The molecule has 1 heterocycles. The normalized spacial score (nSPS) is 15.9. The number of halogens is 1. The Balaban J connectivity index is 1.66. The number of nitrogens with one attached hydrogen (secondary N) is 2. The van der Waals surface area contributed by atoms with Crippen LogP contribution in [0.4, 0.5) is 4.39 Å². The van der Waals surface area contributed by atoms with Crippen molar-refractivity contribution < 1.29 is 13.9 Å². The molecule has 0 bridgehead atoms. The van der Waals surface area contributed by atoms with Crippen molar-refractivity contribution in [2.75, 3.05) is 26.2 Å². The maximum atomic E-state index is 13.5. The molecule has 2 N–H and O–H groups in total. The summed E-state index contributed by atoms with van der Waals surface area (Å²) in [6.45, 7) is 4.98. The zero-order valence-electron chi connectivity index (χ0n) is 12.5. The minimum Gasteiger partial charge on any atom is -0.378 e. The fourth-order valence-corrected chi connectivity index (χ4v) is 2.39. The number of ether oxygens (including phenoxy) is 1. The summed E-state index contributed by atoms with van der Waals surface area (Å²) >= 11 is 0. The zero-order valence-corrected chi connectivity index (χ0v) is 12.5. The topological polar surface area (TPSA) is 50.4 Å². The summed E-state index contributed by atoms with van der Waals surface area (Å²) in [5.74, 6) is -0.845. The van der Waals surface area contributed by atoms with Crippen molar-refractivity contribution >= 4 is 5.91 Å². The van der Waals surface area contributed by atoms with Gasteiger partial charge in [-0.3, -0.25) is 4.79 Å². The smallest absolute Gasteiger partial charge is 0.254 e. The van der Waals surface area contributed by atoms with Crippen LogP contribution in [-0.4, -0.2) is 38.3 Å². The Kier molecular flexibility index (Phi) is 6.14. The number of aryl methyl sites for hydroxylation is 1. The predicted molar refractivity (Wildman–Crippen MR) is 79.9 cm³/mol. The van der Waals surface area contributed by atoms with Crippen molar-refractivity contribution in [1.82, 2.24) is 10.6 Å². The van der Waals surface area contributed by atoms with Gasteiger partial charge in [0.25, 0.3) is 5.91 Å². The van der Waals surface area contributed by atoms with E-state index in [4.69, 9.17) is 4.74 Å². The van der Waals surface area contributed by atoms with Crippen LogP contribution in [0.2, 0.25) is 0 Å². The molecule has 0 spiro atoms. The Hall–Kier alpha value is -1.46. The van der Waals surface area contributed by atoms with Gasteiger partial charge in [0.2, 0.25) is 0 Å². The Morgan fingerprint density at radius 3 is 2.95 bits per heavy atom. The quantitative estimate of drug-likeness (QED) is 0.789. The lowest BCUT2D eigenvalue weighted by atomic mass is 10.1. The van der Waals surface area contributed by atoms with Crippen LogP contribution in [0.1, 0.15) is 35.2 Å². The third-order valence-electron chi connectivity index (χ3n) is 3.61. The standard InChI is InChI=1S/C16H23FN2O2/c1-12-3-4-15(17)14(11-12)16(20)19-7-2-10-21-13-5-8-18-9-6-13/h3-4,11,13,18H,2,5-10H2,1H3,(H,19,20). The molecular weight excluding hydrogens is 271 g/mol. The number of carbonyl (C=O) groups is 1. The Labute approximate surface area is 125 Å². The summed E-state index contributed by atoms with van der Waals surface area (Å²) in [5.41, 5.74) is 0.977. The highest BCUT2D eigenvalue weighted by Gasteiger charge is 2.13. The van der Waals surface area contributed by atoms with Crippen LogP contribution in [0.15, 0.2) is 18.2 Å². The van der Waals surface area contributed by atoms with E-state index < -0.39 is 5.82 Å². The molecule has 1 saturated heterocycles. The first-order chi connectivity index (χ1) is 10.2. The summed E-state index contributed by atoms with van der Waals surface area (Å²) in [6.07, 6.45) is 3.15. The maximum absolute atomic E-state index is 13.5. The highest BCUT2D eigenvalue weighted by atomic mass is 19.1. The van der Waals surface area contributed by atoms with Crippen molar-refractivity contribution in [3.63, 3.8) is 0 Å². The molecule has 0 unspecified atom stereocenters. The summed E-state index contributed by atoms with van der Waals surface area (Å²) in [5, 5.41) is 6.02. The molecule has 0 radical (unpaired) electrons. The van der Waals surface area contributed by atoms with Gasteiger partial charge in [0, 0.05) is 13.2 Å². The van der Waals surface area contributed by atoms with Gasteiger partial charge >= 0.3 is 0 Å². The molecule has 1 amide bonds. The van der Waals surface area contributed by atoms with Crippen LogP contribution in [0.5, 0.6) is 0 Å². The van der Waals surface area contributed by atoms with Gasteiger partial charge in [0.05, 0.1) is 11.7 Å². The molecular formula is C16H23FN2O2. The van der Waals surface area contributed by atoms with Crippen molar-refractivity contribution in [2.45, 2.75) is 32.3 Å². The summed E-state index contributed by atoms with van der Waals surface area (Å²) in [6, 6.07) is 4.54. The molecule has 21 heavy (non-hydrogen) atoms. The molecule has 0 atom stereocenters. The molecule has 1 aromatic carbocycles. The summed E-state index contributed by atoms with van der Waals surface area (Å²) in [7, 11) is 0. The molecule has 1 fully saturated rings. The Morgan fingerprint density at radius 1 is 1.43 bits per heavy atom. The lowest BCUT2D eigenvalue weighted by molar-refractivity contribution is 0.0317. The SMILES string of the molecule is Cc1ccc(F)c(C(=O)NCCCOC2CCNCC2)c1. The van der Waals surface area contributed by atoms with Crippen LogP contribution in [0, 0.1) is 12.7 Å². The zero-order chi connectivity index (χ0) is 15.1. The number of hydrogen-bond donors (Lipinski definition) is 2. The number of hydrogen-bond acceptors (Lipinski definition) is 3. The van der Waals surface area contributed by atoms with Crippen LogP contribution in [-0.2, 0) is 4.74 Å². The molecule has 1 aliphatic rings. The van der Waals surface area contributed by atoms with E-state index in [2.05, 4.69) is 10.6 Å². The monoisotopic (exact) mass is 294 g/mol. The molecule has 0 aromatic heterocycles. The highest BCUT2D eigenvalue weighted by Crippen LogP contribution is 2.10. The lowest BCUT2D eigenvalue weighted by Crippen LogP contribution is -2.33. The lowest BCUT2D eigenvalue weighted by Gasteiger charge is -2.22.